The molecule has 0 aromatic heterocycles. The molecular weight excluding hydrogens is 266 g/mol. The van der Waals surface area contributed by atoms with Crippen LogP contribution in [0.4, 0.5) is 5.69 Å². The molecule has 0 saturated heterocycles. The molecule has 0 bridgehead atoms. The van der Waals surface area contributed by atoms with Crippen LogP contribution in [0.5, 0.6) is 0 Å². The SMILES string of the molecule is COCCCC(N)C(=O)Nc1cc(C#N)ccc1Cl. The second-order valence-electron chi connectivity index (χ2n) is 4.04. The van der Waals surface area contributed by atoms with E-state index in [1.807, 2.05) is 6.07 Å². The van der Waals surface area contributed by atoms with E-state index in [-0.39, 0.29) is 5.91 Å². The highest BCUT2D eigenvalue weighted by atomic mass is 35.5. The molecule has 0 fully saturated rings. The number of methoxy groups -OCH3 is 1. The van der Waals surface area contributed by atoms with E-state index in [1.165, 1.54) is 6.07 Å². The molecule has 0 heterocycles. The third-order valence-electron chi connectivity index (χ3n) is 2.55. The van der Waals surface area contributed by atoms with Gasteiger partial charge in [0.05, 0.1) is 28.4 Å². The molecular formula is C13H16ClN3O2. The average molecular weight is 282 g/mol. The molecule has 1 rings (SSSR count). The summed E-state index contributed by atoms with van der Waals surface area (Å²) in [6.45, 7) is 0.561. The number of nitrogens with one attached hydrogen (secondary N) is 1. The van der Waals surface area contributed by atoms with Crippen molar-refractivity contribution in [3.63, 3.8) is 0 Å². The van der Waals surface area contributed by atoms with Crippen molar-refractivity contribution in [1.82, 2.24) is 0 Å². The number of hydrogen-bond donors (Lipinski definition) is 2. The van der Waals surface area contributed by atoms with Gasteiger partial charge in [-0.15, -0.1) is 0 Å². The molecule has 102 valence electrons. The maximum atomic E-state index is 11.8. The van der Waals surface area contributed by atoms with Crippen molar-refractivity contribution in [2.24, 2.45) is 5.73 Å². The van der Waals surface area contributed by atoms with Crippen LogP contribution in [0.2, 0.25) is 5.02 Å². The largest absolute Gasteiger partial charge is 0.385 e. The van der Waals surface area contributed by atoms with Gasteiger partial charge in [0.1, 0.15) is 0 Å². The van der Waals surface area contributed by atoms with E-state index in [9.17, 15) is 4.79 Å². The highest BCUT2D eigenvalue weighted by Gasteiger charge is 2.14. The summed E-state index contributed by atoms with van der Waals surface area (Å²) in [5.74, 6) is -0.326. The minimum atomic E-state index is -0.628. The molecule has 0 spiro atoms. The normalized spacial score (nSPS) is 11.7. The van der Waals surface area contributed by atoms with E-state index in [0.717, 1.165) is 0 Å². The lowest BCUT2D eigenvalue weighted by Crippen LogP contribution is -2.35. The highest BCUT2D eigenvalue weighted by Crippen LogP contribution is 2.22. The molecule has 0 aliphatic rings. The molecule has 19 heavy (non-hydrogen) atoms. The summed E-state index contributed by atoms with van der Waals surface area (Å²) in [4.78, 5) is 11.8. The van der Waals surface area contributed by atoms with E-state index < -0.39 is 6.04 Å². The Balaban J connectivity index is 2.63. The number of halogens is 1. The predicted molar refractivity (Wildman–Crippen MR) is 73.9 cm³/mol. The Morgan fingerprint density at radius 2 is 2.37 bits per heavy atom. The molecule has 0 radical (unpaired) electrons. The lowest BCUT2D eigenvalue weighted by Gasteiger charge is -2.13. The number of carbonyl (C=O) groups excluding carboxylic acids is 1. The van der Waals surface area contributed by atoms with Gasteiger partial charge < -0.3 is 15.8 Å². The molecule has 1 unspecified atom stereocenters. The number of ether oxygens (including phenoxy) is 1. The van der Waals surface area contributed by atoms with Crippen molar-refractivity contribution in [1.29, 1.82) is 5.26 Å². The Morgan fingerprint density at radius 3 is 3.00 bits per heavy atom. The first-order chi connectivity index (χ1) is 9.08. The standard InChI is InChI=1S/C13H16ClN3O2/c1-19-6-2-3-11(16)13(18)17-12-7-9(8-15)4-5-10(12)14/h4-5,7,11H,2-3,6,16H2,1H3,(H,17,18). The van der Waals surface area contributed by atoms with Gasteiger partial charge in [-0.3, -0.25) is 4.79 Å². The summed E-state index contributed by atoms with van der Waals surface area (Å²) < 4.78 is 4.90. The van der Waals surface area contributed by atoms with Gasteiger partial charge in [0, 0.05) is 13.7 Å². The Hall–Kier alpha value is -1.61. The molecule has 1 aromatic rings. The van der Waals surface area contributed by atoms with Gasteiger partial charge in [0.2, 0.25) is 5.91 Å². The molecule has 1 atom stereocenters. The quantitative estimate of drug-likeness (QED) is 0.780. The number of nitriles is 1. The fraction of sp³-hybridized carbons (Fsp3) is 0.385. The second-order valence-corrected chi connectivity index (χ2v) is 4.44. The number of benzene rings is 1. The molecule has 0 aliphatic heterocycles. The van der Waals surface area contributed by atoms with Crippen LogP contribution in [-0.4, -0.2) is 25.7 Å². The van der Waals surface area contributed by atoms with Crippen molar-refractivity contribution >= 4 is 23.2 Å². The van der Waals surface area contributed by atoms with Crippen LogP contribution < -0.4 is 11.1 Å². The number of hydrogen-bond acceptors (Lipinski definition) is 4. The highest BCUT2D eigenvalue weighted by molar-refractivity contribution is 6.33. The van der Waals surface area contributed by atoms with Crippen LogP contribution in [0.15, 0.2) is 18.2 Å². The first kappa shape index (κ1) is 15.4. The number of carbonyl (C=O) groups is 1. The van der Waals surface area contributed by atoms with Gasteiger partial charge >= 0.3 is 0 Å². The number of nitrogens with two attached hydrogens (primary N) is 1. The third kappa shape index (κ3) is 4.87. The zero-order valence-corrected chi connectivity index (χ0v) is 11.4. The molecule has 1 aromatic carbocycles. The molecule has 0 saturated carbocycles. The van der Waals surface area contributed by atoms with Crippen LogP contribution in [-0.2, 0) is 9.53 Å². The average Bonchev–Trinajstić information content (AvgIpc) is 2.41. The maximum absolute atomic E-state index is 11.8. The molecule has 5 nitrogen and oxygen atoms in total. The van der Waals surface area contributed by atoms with Crippen LogP contribution >= 0.6 is 11.6 Å². The van der Waals surface area contributed by atoms with Crippen molar-refractivity contribution in [2.45, 2.75) is 18.9 Å². The fourth-order valence-electron chi connectivity index (χ4n) is 1.49. The smallest absolute Gasteiger partial charge is 0.241 e. The number of amides is 1. The fourth-order valence-corrected chi connectivity index (χ4v) is 1.66. The van der Waals surface area contributed by atoms with Gasteiger partial charge in [-0.2, -0.15) is 5.26 Å². The molecule has 3 N–H and O–H groups in total. The van der Waals surface area contributed by atoms with Crippen molar-refractivity contribution in [2.75, 3.05) is 19.0 Å². The zero-order chi connectivity index (χ0) is 14.3. The van der Waals surface area contributed by atoms with Gasteiger partial charge in [-0.25, -0.2) is 0 Å². The maximum Gasteiger partial charge on any atom is 0.241 e. The monoisotopic (exact) mass is 281 g/mol. The number of rotatable bonds is 6. The summed E-state index contributed by atoms with van der Waals surface area (Å²) in [5, 5.41) is 11.8. The van der Waals surface area contributed by atoms with E-state index in [2.05, 4.69) is 5.32 Å². The summed E-state index contributed by atoms with van der Waals surface area (Å²) in [6.07, 6.45) is 1.23. The first-order valence-electron chi connectivity index (χ1n) is 5.83. The van der Waals surface area contributed by atoms with E-state index in [4.69, 9.17) is 27.3 Å². The minimum Gasteiger partial charge on any atom is -0.385 e. The van der Waals surface area contributed by atoms with E-state index in [1.54, 1.807) is 19.2 Å². The topological polar surface area (TPSA) is 88.1 Å². The Labute approximate surface area is 117 Å². The Kier molecular flexibility index (Phi) is 6.30. The zero-order valence-electron chi connectivity index (χ0n) is 10.6. The van der Waals surface area contributed by atoms with Gasteiger partial charge in [0.15, 0.2) is 0 Å². The molecule has 1 amide bonds. The number of anilines is 1. The van der Waals surface area contributed by atoms with Gasteiger partial charge in [-0.1, -0.05) is 11.6 Å². The number of nitrogens with zero attached hydrogens (tertiary/aromatic N) is 1. The lowest BCUT2D eigenvalue weighted by molar-refractivity contribution is -0.117. The van der Waals surface area contributed by atoms with Crippen LogP contribution in [0, 0.1) is 11.3 Å². The van der Waals surface area contributed by atoms with Gasteiger partial charge in [0.25, 0.3) is 0 Å². The van der Waals surface area contributed by atoms with Crippen LogP contribution in [0.1, 0.15) is 18.4 Å². The van der Waals surface area contributed by atoms with E-state index in [0.29, 0.717) is 35.7 Å². The van der Waals surface area contributed by atoms with Crippen LogP contribution in [0.25, 0.3) is 0 Å². The first-order valence-corrected chi connectivity index (χ1v) is 6.21. The Morgan fingerprint density at radius 1 is 1.63 bits per heavy atom. The summed E-state index contributed by atoms with van der Waals surface area (Å²) in [7, 11) is 1.60. The second kappa shape index (κ2) is 7.74. The van der Waals surface area contributed by atoms with Gasteiger partial charge in [-0.05, 0) is 31.0 Å². The van der Waals surface area contributed by atoms with Crippen molar-refractivity contribution < 1.29 is 9.53 Å². The van der Waals surface area contributed by atoms with Crippen molar-refractivity contribution in [3.8, 4) is 6.07 Å². The van der Waals surface area contributed by atoms with Crippen LogP contribution in [0.3, 0.4) is 0 Å². The Bertz CT molecular complexity index is 485. The summed E-state index contributed by atoms with van der Waals surface area (Å²) in [5.41, 5.74) is 6.57. The lowest BCUT2D eigenvalue weighted by atomic mass is 10.1. The third-order valence-corrected chi connectivity index (χ3v) is 2.88. The minimum absolute atomic E-state index is 0.326. The summed E-state index contributed by atoms with van der Waals surface area (Å²) in [6, 6.07) is 6.01. The summed E-state index contributed by atoms with van der Waals surface area (Å²) >= 11 is 5.94. The van der Waals surface area contributed by atoms with Crippen molar-refractivity contribution in [3.05, 3.63) is 28.8 Å². The van der Waals surface area contributed by atoms with E-state index >= 15 is 0 Å². The predicted octanol–water partition coefficient (Wildman–Crippen LogP) is 1.90. The molecule has 6 heteroatoms. The molecule has 0 aliphatic carbocycles.